The number of rotatable bonds is 5. The summed E-state index contributed by atoms with van der Waals surface area (Å²) >= 11 is 0. The zero-order chi connectivity index (χ0) is 22.6. The lowest BCUT2D eigenvalue weighted by molar-refractivity contribution is 0.0933. The number of fused-ring (bicyclic) bond motifs is 1. The zero-order valence-corrected chi connectivity index (χ0v) is 17.8. The zero-order valence-electron chi connectivity index (χ0n) is 17.8. The van der Waals surface area contributed by atoms with Crippen LogP contribution in [0.1, 0.15) is 33.5 Å². The summed E-state index contributed by atoms with van der Waals surface area (Å²) in [6, 6.07) is 27.0. The average Bonchev–Trinajstić information content (AvgIpc) is 2.85. The van der Waals surface area contributed by atoms with E-state index in [2.05, 4.69) is 11.1 Å². The van der Waals surface area contributed by atoms with Gasteiger partial charge in [0.1, 0.15) is 11.5 Å². The van der Waals surface area contributed by atoms with Gasteiger partial charge in [-0.15, -0.1) is 0 Å². The van der Waals surface area contributed by atoms with Crippen LogP contribution in [0, 0.1) is 11.3 Å². The molecular formula is C28H20N2O3. The van der Waals surface area contributed by atoms with E-state index in [-0.39, 0.29) is 5.78 Å². The molecule has 0 N–H and O–H groups in total. The molecule has 5 heteroatoms. The van der Waals surface area contributed by atoms with E-state index >= 15 is 0 Å². The normalized spacial score (nSPS) is 12.4. The van der Waals surface area contributed by atoms with E-state index in [1.54, 1.807) is 12.3 Å². The standard InChI is InChI=1S/C28H20N2O3/c29-18-20-8-6-19(7-9-20)14-21-10-12-30-28(15-21)33-27-17-26-24(25(31)11-13-32-26)16-23(27)22-4-2-1-3-5-22/h1-10,12,15-17H,11,13-14H2. The molecule has 0 saturated carbocycles. The Morgan fingerprint density at radius 2 is 1.76 bits per heavy atom. The van der Waals surface area contributed by atoms with E-state index in [1.165, 1.54) is 0 Å². The topological polar surface area (TPSA) is 72.2 Å². The Bertz CT molecular complexity index is 1360. The predicted molar refractivity (Wildman–Crippen MR) is 125 cm³/mol. The summed E-state index contributed by atoms with van der Waals surface area (Å²) in [7, 11) is 0. The summed E-state index contributed by atoms with van der Waals surface area (Å²) in [6.07, 6.45) is 2.78. The van der Waals surface area contributed by atoms with Gasteiger partial charge in [0.05, 0.1) is 23.8 Å². The minimum atomic E-state index is 0.0718. The maximum atomic E-state index is 12.4. The largest absolute Gasteiger partial charge is 0.492 e. The summed E-state index contributed by atoms with van der Waals surface area (Å²) in [6.45, 7) is 0.369. The molecule has 2 heterocycles. The van der Waals surface area contributed by atoms with Gasteiger partial charge in [-0.3, -0.25) is 4.79 Å². The Morgan fingerprint density at radius 3 is 2.55 bits per heavy atom. The molecule has 0 fully saturated rings. The van der Waals surface area contributed by atoms with Gasteiger partial charge >= 0.3 is 0 Å². The van der Waals surface area contributed by atoms with Gasteiger partial charge in [-0.05, 0) is 47.4 Å². The summed E-state index contributed by atoms with van der Waals surface area (Å²) in [5, 5.41) is 8.99. The van der Waals surface area contributed by atoms with Gasteiger partial charge in [-0.1, -0.05) is 42.5 Å². The highest BCUT2D eigenvalue weighted by atomic mass is 16.5. The molecule has 1 aliphatic rings. The number of pyridine rings is 1. The van der Waals surface area contributed by atoms with Gasteiger partial charge in [0.15, 0.2) is 5.78 Å². The molecule has 0 amide bonds. The van der Waals surface area contributed by atoms with Gasteiger partial charge in [0, 0.05) is 30.3 Å². The average molecular weight is 432 g/mol. The van der Waals surface area contributed by atoms with Gasteiger partial charge in [-0.2, -0.15) is 5.26 Å². The number of aromatic nitrogens is 1. The molecule has 33 heavy (non-hydrogen) atoms. The first kappa shape index (κ1) is 20.5. The lowest BCUT2D eigenvalue weighted by Crippen LogP contribution is -2.15. The van der Waals surface area contributed by atoms with Crippen LogP contribution >= 0.6 is 0 Å². The van der Waals surface area contributed by atoms with Crippen LogP contribution in [0.4, 0.5) is 0 Å². The number of nitriles is 1. The van der Waals surface area contributed by atoms with Crippen molar-refractivity contribution in [3.63, 3.8) is 0 Å². The number of nitrogens with zero attached hydrogens (tertiary/aromatic N) is 2. The quantitative estimate of drug-likeness (QED) is 0.389. The summed E-state index contributed by atoms with van der Waals surface area (Å²) in [4.78, 5) is 16.8. The SMILES string of the molecule is N#Cc1ccc(Cc2ccnc(Oc3cc4c(cc3-c3ccccc3)C(=O)CCO4)c2)cc1. The van der Waals surface area contributed by atoms with Crippen molar-refractivity contribution in [2.24, 2.45) is 0 Å². The van der Waals surface area contributed by atoms with Crippen LogP contribution in [0.5, 0.6) is 17.4 Å². The van der Waals surface area contributed by atoms with Crippen molar-refractivity contribution < 1.29 is 14.3 Å². The summed E-state index contributed by atoms with van der Waals surface area (Å²) < 4.78 is 12.0. The van der Waals surface area contributed by atoms with E-state index in [9.17, 15) is 4.79 Å². The van der Waals surface area contributed by atoms with Gasteiger partial charge in [-0.25, -0.2) is 4.98 Å². The first-order chi connectivity index (χ1) is 16.2. The molecule has 0 saturated heterocycles. The molecular weight excluding hydrogens is 412 g/mol. The molecule has 3 aromatic carbocycles. The third-order valence-corrected chi connectivity index (χ3v) is 5.56. The van der Waals surface area contributed by atoms with E-state index in [1.807, 2.05) is 72.8 Å². The highest BCUT2D eigenvalue weighted by molar-refractivity contribution is 6.01. The fourth-order valence-corrected chi connectivity index (χ4v) is 3.88. The molecule has 1 aromatic heterocycles. The number of ether oxygens (including phenoxy) is 2. The van der Waals surface area contributed by atoms with Crippen molar-refractivity contribution in [1.29, 1.82) is 5.26 Å². The smallest absolute Gasteiger partial charge is 0.219 e. The van der Waals surface area contributed by atoms with Crippen molar-refractivity contribution in [3.05, 3.63) is 107 Å². The molecule has 0 spiro atoms. The fourth-order valence-electron chi connectivity index (χ4n) is 3.88. The minimum absolute atomic E-state index is 0.0718. The van der Waals surface area contributed by atoms with Crippen LogP contribution in [0.2, 0.25) is 0 Å². The van der Waals surface area contributed by atoms with E-state index in [0.29, 0.717) is 48.0 Å². The lowest BCUT2D eigenvalue weighted by atomic mass is 9.97. The third kappa shape index (κ3) is 4.46. The number of ketones is 1. The molecule has 4 aromatic rings. The van der Waals surface area contributed by atoms with E-state index in [0.717, 1.165) is 22.3 Å². The first-order valence-corrected chi connectivity index (χ1v) is 10.7. The highest BCUT2D eigenvalue weighted by Gasteiger charge is 2.22. The maximum Gasteiger partial charge on any atom is 0.219 e. The number of carbonyl (C=O) groups excluding carboxylic acids is 1. The monoisotopic (exact) mass is 432 g/mol. The first-order valence-electron chi connectivity index (χ1n) is 10.7. The van der Waals surface area contributed by atoms with Crippen molar-refractivity contribution in [1.82, 2.24) is 4.98 Å². The Hall–Kier alpha value is -4.43. The number of benzene rings is 3. The molecule has 5 nitrogen and oxygen atoms in total. The molecule has 0 aliphatic carbocycles. The van der Waals surface area contributed by atoms with Crippen LogP contribution in [0.15, 0.2) is 85.1 Å². The number of hydrogen-bond acceptors (Lipinski definition) is 5. The van der Waals surface area contributed by atoms with Gasteiger partial charge in [0.2, 0.25) is 5.88 Å². The lowest BCUT2D eigenvalue weighted by Gasteiger charge is -2.20. The van der Waals surface area contributed by atoms with Gasteiger partial charge < -0.3 is 9.47 Å². The number of hydrogen-bond donors (Lipinski definition) is 0. The number of carbonyl (C=O) groups is 1. The van der Waals surface area contributed by atoms with Crippen LogP contribution in [-0.2, 0) is 6.42 Å². The van der Waals surface area contributed by atoms with Crippen molar-refractivity contribution >= 4 is 5.78 Å². The van der Waals surface area contributed by atoms with Crippen LogP contribution in [-0.4, -0.2) is 17.4 Å². The second-order valence-electron chi connectivity index (χ2n) is 7.82. The molecule has 0 bridgehead atoms. The van der Waals surface area contributed by atoms with E-state index in [4.69, 9.17) is 14.7 Å². The molecule has 0 atom stereocenters. The van der Waals surface area contributed by atoms with Crippen LogP contribution < -0.4 is 9.47 Å². The minimum Gasteiger partial charge on any atom is -0.492 e. The molecule has 0 unspecified atom stereocenters. The summed E-state index contributed by atoms with van der Waals surface area (Å²) in [5.41, 5.74) is 5.11. The van der Waals surface area contributed by atoms with Crippen LogP contribution in [0.25, 0.3) is 11.1 Å². The van der Waals surface area contributed by atoms with Crippen molar-refractivity contribution in [2.45, 2.75) is 12.8 Å². The second kappa shape index (κ2) is 8.97. The second-order valence-corrected chi connectivity index (χ2v) is 7.82. The van der Waals surface area contributed by atoms with Crippen molar-refractivity contribution in [3.8, 4) is 34.6 Å². The Balaban J connectivity index is 1.48. The molecule has 0 radical (unpaired) electrons. The third-order valence-electron chi connectivity index (χ3n) is 5.56. The summed E-state index contributed by atoms with van der Waals surface area (Å²) in [5.74, 6) is 1.65. The fraction of sp³-hybridized carbons (Fsp3) is 0.107. The molecule has 160 valence electrons. The Morgan fingerprint density at radius 1 is 0.939 bits per heavy atom. The van der Waals surface area contributed by atoms with Gasteiger partial charge in [0.25, 0.3) is 0 Å². The van der Waals surface area contributed by atoms with Crippen LogP contribution in [0.3, 0.4) is 0 Å². The Kier molecular flexibility index (Phi) is 5.57. The molecule has 5 rings (SSSR count). The van der Waals surface area contributed by atoms with Crippen molar-refractivity contribution in [2.75, 3.05) is 6.61 Å². The predicted octanol–water partition coefficient (Wildman–Crippen LogP) is 5.97. The van der Waals surface area contributed by atoms with E-state index < -0.39 is 0 Å². The Labute approximate surface area is 191 Å². The molecule has 1 aliphatic heterocycles. The number of Topliss-reactive ketones (excluding diaryl/α,β-unsaturated/α-hetero) is 1. The highest BCUT2D eigenvalue weighted by Crippen LogP contribution is 2.40. The maximum absolute atomic E-state index is 12.4.